The number of aromatic nitrogens is 3. The monoisotopic (exact) mass is 337 g/mol. The van der Waals surface area contributed by atoms with Gasteiger partial charge in [0.15, 0.2) is 0 Å². The average Bonchev–Trinajstić information content (AvgIpc) is 3.06. The van der Waals surface area contributed by atoms with E-state index in [2.05, 4.69) is 26.7 Å². The molecule has 1 fully saturated rings. The van der Waals surface area contributed by atoms with E-state index in [4.69, 9.17) is 4.98 Å². The number of para-hydroxylation sites is 1. The molecule has 0 bridgehead atoms. The zero-order chi connectivity index (χ0) is 17.2. The van der Waals surface area contributed by atoms with E-state index in [1.807, 2.05) is 24.4 Å². The van der Waals surface area contributed by atoms with Crippen molar-refractivity contribution in [2.45, 2.75) is 31.9 Å². The number of hydrogen-bond acceptors (Lipinski definition) is 5. The molecule has 1 aromatic carbocycles. The Morgan fingerprint density at radius 2 is 2.20 bits per heavy atom. The highest BCUT2D eigenvalue weighted by atomic mass is 16.3. The van der Waals surface area contributed by atoms with Crippen molar-refractivity contribution >= 4 is 16.9 Å². The van der Waals surface area contributed by atoms with Crippen molar-refractivity contribution in [2.24, 2.45) is 0 Å². The van der Waals surface area contributed by atoms with Crippen molar-refractivity contribution in [3.8, 4) is 11.3 Å². The van der Waals surface area contributed by atoms with Crippen molar-refractivity contribution in [1.82, 2.24) is 20.3 Å². The van der Waals surface area contributed by atoms with Crippen molar-refractivity contribution in [3.05, 3.63) is 42.2 Å². The summed E-state index contributed by atoms with van der Waals surface area (Å²) in [6.45, 7) is 3.74. The molecule has 1 aliphatic rings. The Bertz CT molecular complexity index is 867. The zero-order valence-corrected chi connectivity index (χ0v) is 14.3. The van der Waals surface area contributed by atoms with Crippen molar-refractivity contribution in [1.29, 1.82) is 0 Å². The highest BCUT2D eigenvalue weighted by Gasteiger charge is 2.19. The predicted molar refractivity (Wildman–Crippen MR) is 99.5 cm³/mol. The highest BCUT2D eigenvalue weighted by molar-refractivity contribution is 5.95. The van der Waals surface area contributed by atoms with Gasteiger partial charge in [-0.3, -0.25) is 0 Å². The Morgan fingerprint density at radius 1 is 1.32 bits per heavy atom. The van der Waals surface area contributed by atoms with E-state index in [9.17, 15) is 5.11 Å². The van der Waals surface area contributed by atoms with E-state index in [1.54, 1.807) is 13.1 Å². The Hall–Kier alpha value is -2.44. The SMILES string of the molecule is C[C@H](O)c1cnc(N[C@H]2CCCNC2)nc1-c1c[nH]c2ccccc12. The minimum atomic E-state index is -0.631. The van der Waals surface area contributed by atoms with Gasteiger partial charge in [-0.2, -0.15) is 0 Å². The van der Waals surface area contributed by atoms with E-state index in [1.165, 1.54) is 0 Å². The summed E-state index contributed by atoms with van der Waals surface area (Å²) in [5, 5.41) is 18.1. The average molecular weight is 337 g/mol. The molecule has 3 aromatic rings. The molecule has 3 heterocycles. The van der Waals surface area contributed by atoms with Crippen LogP contribution in [0.1, 0.15) is 31.4 Å². The Morgan fingerprint density at radius 3 is 3.00 bits per heavy atom. The fourth-order valence-electron chi connectivity index (χ4n) is 3.41. The molecule has 0 unspecified atom stereocenters. The largest absolute Gasteiger partial charge is 0.389 e. The Kier molecular flexibility index (Phi) is 4.38. The van der Waals surface area contributed by atoms with Crippen LogP contribution in [0.5, 0.6) is 0 Å². The van der Waals surface area contributed by atoms with Crippen LogP contribution in [0.3, 0.4) is 0 Å². The minimum absolute atomic E-state index is 0.335. The fourth-order valence-corrected chi connectivity index (χ4v) is 3.41. The molecule has 1 saturated heterocycles. The fraction of sp³-hybridized carbons (Fsp3) is 0.368. The second kappa shape index (κ2) is 6.82. The summed E-state index contributed by atoms with van der Waals surface area (Å²) < 4.78 is 0. The number of fused-ring (bicyclic) bond motifs is 1. The predicted octanol–water partition coefficient (Wildman–Crippen LogP) is 2.84. The van der Waals surface area contributed by atoms with Gasteiger partial charge >= 0.3 is 0 Å². The lowest BCUT2D eigenvalue weighted by atomic mass is 10.0. The van der Waals surface area contributed by atoms with E-state index < -0.39 is 6.10 Å². The summed E-state index contributed by atoms with van der Waals surface area (Å²) >= 11 is 0. The van der Waals surface area contributed by atoms with Gasteiger partial charge < -0.3 is 20.7 Å². The van der Waals surface area contributed by atoms with E-state index in [-0.39, 0.29) is 0 Å². The van der Waals surface area contributed by atoms with Gasteiger partial charge in [-0.1, -0.05) is 18.2 Å². The topological polar surface area (TPSA) is 85.9 Å². The molecule has 2 aromatic heterocycles. The van der Waals surface area contributed by atoms with Gasteiger partial charge in [0.25, 0.3) is 0 Å². The second-order valence-electron chi connectivity index (χ2n) is 6.61. The van der Waals surface area contributed by atoms with Crippen LogP contribution >= 0.6 is 0 Å². The Balaban J connectivity index is 1.74. The van der Waals surface area contributed by atoms with Gasteiger partial charge in [0.05, 0.1) is 11.8 Å². The molecule has 4 N–H and O–H groups in total. The molecule has 2 atom stereocenters. The van der Waals surface area contributed by atoms with Crippen LogP contribution in [0.15, 0.2) is 36.7 Å². The van der Waals surface area contributed by atoms with Crippen LogP contribution in [0.25, 0.3) is 22.2 Å². The van der Waals surface area contributed by atoms with Gasteiger partial charge in [-0.15, -0.1) is 0 Å². The first kappa shape index (κ1) is 16.1. The number of piperidine rings is 1. The van der Waals surface area contributed by atoms with E-state index >= 15 is 0 Å². The number of hydrogen-bond donors (Lipinski definition) is 4. The lowest BCUT2D eigenvalue weighted by molar-refractivity contribution is 0.199. The summed E-state index contributed by atoms with van der Waals surface area (Å²) in [6, 6.07) is 8.45. The van der Waals surface area contributed by atoms with Crippen molar-refractivity contribution < 1.29 is 5.11 Å². The molecule has 0 amide bonds. The number of benzene rings is 1. The third-order valence-electron chi connectivity index (χ3n) is 4.74. The molecule has 0 radical (unpaired) electrons. The van der Waals surface area contributed by atoms with Gasteiger partial charge in [-0.25, -0.2) is 9.97 Å². The maximum absolute atomic E-state index is 10.2. The Labute approximate surface area is 146 Å². The van der Waals surface area contributed by atoms with Crippen LogP contribution in [0.2, 0.25) is 0 Å². The van der Waals surface area contributed by atoms with Gasteiger partial charge in [-0.05, 0) is 32.4 Å². The lowest BCUT2D eigenvalue weighted by Gasteiger charge is -2.24. The molecular formula is C19H23N5O. The molecule has 130 valence electrons. The molecule has 0 aliphatic carbocycles. The maximum atomic E-state index is 10.2. The van der Waals surface area contributed by atoms with Crippen LogP contribution in [-0.4, -0.2) is 39.2 Å². The van der Waals surface area contributed by atoms with Crippen LogP contribution in [-0.2, 0) is 0 Å². The van der Waals surface area contributed by atoms with Gasteiger partial charge in [0.1, 0.15) is 0 Å². The summed E-state index contributed by atoms with van der Waals surface area (Å²) in [5.74, 6) is 0.610. The zero-order valence-electron chi connectivity index (χ0n) is 14.3. The number of H-pyrrole nitrogens is 1. The third-order valence-corrected chi connectivity index (χ3v) is 4.74. The smallest absolute Gasteiger partial charge is 0.223 e. The van der Waals surface area contributed by atoms with Crippen molar-refractivity contribution in [2.75, 3.05) is 18.4 Å². The highest BCUT2D eigenvalue weighted by Crippen LogP contribution is 2.32. The van der Waals surface area contributed by atoms with Crippen LogP contribution in [0, 0.1) is 0 Å². The second-order valence-corrected chi connectivity index (χ2v) is 6.61. The first-order chi connectivity index (χ1) is 12.2. The normalized spacial score (nSPS) is 19.0. The number of nitrogens with one attached hydrogen (secondary N) is 3. The first-order valence-corrected chi connectivity index (χ1v) is 8.81. The molecule has 25 heavy (non-hydrogen) atoms. The van der Waals surface area contributed by atoms with Gasteiger partial charge in [0.2, 0.25) is 5.95 Å². The molecular weight excluding hydrogens is 314 g/mol. The molecule has 6 nitrogen and oxygen atoms in total. The molecule has 6 heteroatoms. The molecule has 4 rings (SSSR count). The van der Waals surface area contributed by atoms with Crippen molar-refractivity contribution in [3.63, 3.8) is 0 Å². The molecule has 0 saturated carbocycles. The first-order valence-electron chi connectivity index (χ1n) is 8.81. The maximum Gasteiger partial charge on any atom is 0.223 e. The quantitative estimate of drug-likeness (QED) is 0.588. The summed E-state index contributed by atoms with van der Waals surface area (Å²) in [7, 11) is 0. The van der Waals surface area contributed by atoms with E-state index in [0.29, 0.717) is 12.0 Å². The number of anilines is 1. The standard InChI is InChI=1S/C19H23N5O/c1-12(25)15-10-22-19(23-13-5-4-8-20-9-13)24-18(15)16-11-21-17-7-3-2-6-14(16)17/h2-3,6-7,10-13,20-21,25H,4-5,8-9H2,1H3,(H,22,23,24)/t12-,13-/m0/s1. The third kappa shape index (κ3) is 3.23. The number of nitrogens with zero attached hydrogens (tertiary/aromatic N) is 2. The number of aliphatic hydroxyl groups is 1. The molecule has 0 spiro atoms. The van der Waals surface area contributed by atoms with Gasteiger partial charge in [0, 0.05) is 47.0 Å². The summed E-state index contributed by atoms with van der Waals surface area (Å²) in [4.78, 5) is 12.5. The van der Waals surface area contributed by atoms with E-state index in [0.717, 1.165) is 53.7 Å². The summed E-state index contributed by atoms with van der Waals surface area (Å²) in [6.07, 6.45) is 5.31. The summed E-state index contributed by atoms with van der Waals surface area (Å²) in [5.41, 5.74) is 3.54. The van der Waals surface area contributed by atoms with Crippen LogP contribution < -0.4 is 10.6 Å². The lowest BCUT2D eigenvalue weighted by Crippen LogP contribution is -2.38. The number of aromatic amines is 1. The number of aliphatic hydroxyl groups excluding tert-OH is 1. The number of rotatable bonds is 4. The molecule has 1 aliphatic heterocycles. The minimum Gasteiger partial charge on any atom is -0.389 e. The van der Waals surface area contributed by atoms with Crippen LogP contribution in [0.4, 0.5) is 5.95 Å².